The summed E-state index contributed by atoms with van der Waals surface area (Å²) in [5, 5.41) is 17.2. The molecule has 126 valence electrons. The molecule has 24 heavy (non-hydrogen) atoms. The van der Waals surface area contributed by atoms with Crippen molar-refractivity contribution in [1.82, 2.24) is 14.7 Å². The van der Waals surface area contributed by atoms with Crippen LogP contribution in [0.4, 0.5) is 5.00 Å². The van der Waals surface area contributed by atoms with E-state index in [-0.39, 0.29) is 12.5 Å². The molecule has 0 radical (unpaired) electrons. The number of likely N-dealkylation sites (N-methyl/N-ethyl adjacent to an activating group) is 1. The van der Waals surface area contributed by atoms with E-state index in [9.17, 15) is 10.1 Å². The standard InChI is InChI=1S/C17H21N5OS/c1-21(9-12-8-19-22(2)10-12)11-16(23)20-17-14(7-18)13-5-3-4-6-15(13)24-17/h8,10H,3-6,9,11H2,1-2H3,(H,20,23). The van der Waals surface area contributed by atoms with E-state index in [4.69, 9.17) is 0 Å². The molecule has 2 aromatic rings. The molecule has 1 N–H and O–H groups in total. The number of aryl methyl sites for hydroxylation is 2. The highest BCUT2D eigenvalue weighted by atomic mass is 32.1. The van der Waals surface area contributed by atoms with Crippen LogP contribution < -0.4 is 5.32 Å². The number of hydrogen-bond donors (Lipinski definition) is 1. The van der Waals surface area contributed by atoms with Crippen molar-refractivity contribution in [3.63, 3.8) is 0 Å². The van der Waals surface area contributed by atoms with Crippen LogP contribution in [0.3, 0.4) is 0 Å². The molecule has 0 spiro atoms. The van der Waals surface area contributed by atoms with Crippen LogP contribution in [-0.2, 0) is 31.2 Å². The average molecular weight is 343 g/mol. The fraction of sp³-hybridized carbons (Fsp3) is 0.471. The number of aromatic nitrogens is 2. The van der Waals surface area contributed by atoms with Crippen LogP contribution >= 0.6 is 11.3 Å². The van der Waals surface area contributed by atoms with E-state index in [0.717, 1.165) is 30.4 Å². The summed E-state index contributed by atoms with van der Waals surface area (Å²) in [5.41, 5.74) is 2.88. The molecule has 1 aliphatic carbocycles. The number of thiophene rings is 1. The molecule has 2 aromatic heterocycles. The Kier molecular flexibility index (Phi) is 4.97. The van der Waals surface area contributed by atoms with Crippen molar-refractivity contribution < 1.29 is 4.79 Å². The lowest BCUT2D eigenvalue weighted by Gasteiger charge is -2.14. The van der Waals surface area contributed by atoms with Gasteiger partial charge < -0.3 is 5.32 Å². The van der Waals surface area contributed by atoms with Gasteiger partial charge in [-0.05, 0) is 38.3 Å². The number of nitrogens with zero attached hydrogens (tertiary/aromatic N) is 4. The van der Waals surface area contributed by atoms with Crippen LogP contribution in [0.1, 0.15) is 34.4 Å². The molecule has 1 aliphatic rings. The Morgan fingerprint density at radius 2 is 2.29 bits per heavy atom. The lowest BCUT2D eigenvalue weighted by atomic mass is 9.96. The fourth-order valence-electron chi connectivity index (χ4n) is 3.10. The zero-order valence-electron chi connectivity index (χ0n) is 14.0. The van der Waals surface area contributed by atoms with E-state index in [1.807, 2.05) is 25.2 Å². The predicted molar refractivity (Wildman–Crippen MR) is 93.8 cm³/mol. The summed E-state index contributed by atoms with van der Waals surface area (Å²) < 4.78 is 1.75. The van der Waals surface area contributed by atoms with Gasteiger partial charge in [-0.2, -0.15) is 10.4 Å². The van der Waals surface area contributed by atoms with Gasteiger partial charge >= 0.3 is 0 Å². The summed E-state index contributed by atoms with van der Waals surface area (Å²) in [6, 6.07) is 2.28. The number of nitrogens with one attached hydrogen (secondary N) is 1. The number of carbonyl (C=O) groups excluding carboxylic acids is 1. The van der Waals surface area contributed by atoms with Crippen LogP contribution in [0, 0.1) is 11.3 Å². The summed E-state index contributed by atoms with van der Waals surface area (Å²) in [6.45, 7) is 0.940. The molecule has 1 amide bonds. The van der Waals surface area contributed by atoms with Crippen LogP contribution in [0.25, 0.3) is 0 Å². The minimum Gasteiger partial charge on any atom is -0.315 e. The van der Waals surface area contributed by atoms with Gasteiger partial charge in [0.25, 0.3) is 0 Å². The minimum absolute atomic E-state index is 0.0866. The Morgan fingerprint density at radius 1 is 1.50 bits per heavy atom. The summed E-state index contributed by atoms with van der Waals surface area (Å²) in [6.07, 6.45) is 8.00. The van der Waals surface area contributed by atoms with Crippen LogP contribution in [0.2, 0.25) is 0 Å². The molecule has 0 aliphatic heterocycles. The molecular weight excluding hydrogens is 322 g/mol. The van der Waals surface area contributed by atoms with E-state index < -0.39 is 0 Å². The highest BCUT2D eigenvalue weighted by molar-refractivity contribution is 7.16. The number of amides is 1. The molecule has 0 unspecified atom stereocenters. The van der Waals surface area contributed by atoms with Gasteiger partial charge in [-0.15, -0.1) is 11.3 Å². The summed E-state index contributed by atoms with van der Waals surface area (Å²) in [7, 11) is 3.77. The molecule has 0 atom stereocenters. The zero-order valence-corrected chi connectivity index (χ0v) is 14.8. The number of anilines is 1. The molecule has 7 heteroatoms. The second-order valence-corrected chi connectivity index (χ2v) is 7.37. The van der Waals surface area contributed by atoms with Crippen LogP contribution in [0.15, 0.2) is 12.4 Å². The molecule has 3 rings (SSSR count). The smallest absolute Gasteiger partial charge is 0.239 e. The van der Waals surface area contributed by atoms with Gasteiger partial charge in [0.05, 0.1) is 18.3 Å². The molecule has 2 heterocycles. The molecule has 0 bridgehead atoms. The Labute approximate surface area is 145 Å². The molecule has 6 nitrogen and oxygen atoms in total. The monoisotopic (exact) mass is 343 g/mol. The number of rotatable bonds is 5. The lowest BCUT2D eigenvalue weighted by Crippen LogP contribution is -2.29. The Balaban J connectivity index is 1.62. The molecule has 0 saturated heterocycles. The number of nitriles is 1. The minimum atomic E-state index is -0.0866. The van der Waals surface area contributed by atoms with Crippen LogP contribution in [-0.4, -0.2) is 34.2 Å². The summed E-state index contributed by atoms with van der Waals surface area (Å²) in [4.78, 5) is 15.5. The third-order valence-corrected chi connectivity index (χ3v) is 5.37. The first-order valence-corrected chi connectivity index (χ1v) is 8.89. The van der Waals surface area contributed by atoms with Gasteiger partial charge in [0, 0.05) is 30.2 Å². The van der Waals surface area contributed by atoms with Gasteiger partial charge in [0.15, 0.2) is 0 Å². The van der Waals surface area contributed by atoms with Crippen molar-refractivity contribution in [3.05, 3.63) is 34.0 Å². The normalized spacial score (nSPS) is 13.6. The Morgan fingerprint density at radius 3 is 3.00 bits per heavy atom. The van der Waals surface area contributed by atoms with Crippen molar-refractivity contribution in [1.29, 1.82) is 5.26 Å². The first kappa shape index (κ1) is 16.7. The SMILES string of the molecule is CN(CC(=O)Nc1sc2c(c1C#N)CCCC2)Cc1cnn(C)c1. The average Bonchev–Trinajstić information content (AvgIpc) is 3.09. The topological polar surface area (TPSA) is 74.0 Å². The summed E-state index contributed by atoms with van der Waals surface area (Å²) >= 11 is 1.56. The van der Waals surface area contributed by atoms with Gasteiger partial charge in [-0.3, -0.25) is 14.4 Å². The largest absolute Gasteiger partial charge is 0.315 e. The van der Waals surface area contributed by atoms with Gasteiger partial charge in [0.2, 0.25) is 5.91 Å². The second kappa shape index (κ2) is 7.16. The van der Waals surface area contributed by atoms with Crippen molar-refractivity contribution in [2.24, 2.45) is 7.05 Å². The van der Waals surface area contributed by atoms with Gasteiger partial charge in [0.1, 0.15) is 11.1 Å². The predicted octanol–water partition coefficient (Wildman–Crippen LogP) is 2.30. The van der Waals surface area contributed by atoms with Gasteiger partial charge in [-0.25, -0.2) is 0 Å². The lowest BCUT2D eigenvalue weighted by molar-refractivity contribution is -0.117. The first-order valence-electron chi connectivity index (χ1n) is 8.07. The Bertz CT molecular complexity index is 785. The highest BCUT2D eigenvalue weighted by Gasteiger charge is 2.22. The van der Waals surface area contributed by atoms with Crippen molar-refractivity contribution in [3.8, 4) is 6.07 Å². The quantitative estimate of drug-likeness (QED) is 0.904. The fourth-order valence-corrected chi connectivity index (χ4v) is 4.36. The Hall–Kier alpha value is -2.17. The van der Waals surface area contributed by atoms with Gasteiger partial charge in [-0.1, -0.05) is 0 Å². The maximum atomic E-state index is 12.3. The van der Waals surface area contributed by atoms with E-state index >= 15 is 0 Å². The van der Waals surface area contributed by atoms with E-state index in [0.29, 0.717) is 17.1 Å². The van der Waals surface area contributed by atoms with Crippen molar-refractivity contribution in [2.45, 2.75) is 32.2 Å². The van der Waals surface area contributed by atoms with Crippen LogP contribution in [0.5, 0.6) is 0 Å². The molecule has 0 fully saturated rings. The molecule has 0 saturated carbocycles. The third kappa shape index (κ3) is 3.66. The van der Waals surface area contributed by atoms with E-state index in [1.54, 1.807) is 22.2 Å². The second-order valence-electron chi connectivity index (χ2n) is 6.27. The maximum absolute atomic E-state index is 12.3. The third-order valence-electron chi connectivity index (χ3n) is 4.16. The number of hydrogen-bond acceptors (Lipinski definition) is 5. The van der Waals surface area contributed by atoms with Crippen molar-refractivity contribution in [2.75, 3.05) is 18.9 Å². The summed E-state index contributed by atoms with van der Waals surface area (Å²) in [5.74, 6) is -0.0866. The first-order chi connectivity index (χ1) is 11.6. The number of carbonyl (C=O) groups is 1. The number of fused-ring (bicyclic) bond motifs is 1. The highest BCUT2D eigenvalue weighted by Crippen LogP contribution is 2.37. The maximum Gasteiger partial charge on any atom is 0.239 e. The van der Waals surface area contributed by atoms with E-state index in [1.165, 1.54) is 11.3 Å². The zero-order chi connectivity index (χ0) is 17.1. The molecular formula is C17H21N5OS. The van der Waals surface area contributed by atoms with Crippen molar-refractivity contribution >= 4 is 22.2 Å². The van der Waals surface area contributed by atoms with E-state index in [2.05, 4.69) is 16.5 Å². The molecule has 0 aromatic carbocycles.